The molecule has 4 saturated carbocycles. The van der Waals surface area contributed by atoms with E-state index < -0.39 is 107 Å². The third-order valence-electron chi connectivity index (χ3n) is 11.3. The highest BCUT2D eigenvalue weighted by Crippen LogP contribution is 2.70. The van der Waals surface area contributed by atoms with Gasteiger partial charge in [0.1, 0.15) is 30.0 Å². The largest absolute Gasteiger partial charge is 0.394 e. The monoisotopic (exact) mass is 548 g/mol. The number of hydrogen-bond donors (Lipinski definition) is 10. The number of rotatable bonds is 3. The van der Waals surface area contributed by atoms with Gasteiger partial charge < -0.3 is 60.5 Å². The van der Waals surface area contributed by atoms with Crippen LogP contribution in [0.2, 0.25) is 0 Å². The molecule has 16 atom stereocenters. The average Bonchev–Trinajstić information content (AvgIpc) is 2.99. The fourth-order valence-electron chi connectivity index (χ4n) is 9.51. The van der Waals surface area contributed by atoms with E-state index in [-0.39, 0.29) is 12.8 Å². The summed E-state index contributed by atoms with van der Waals surface area (Å²) in [7, 11) is 0. The van der Waals surface area contributed by atoms with Gasteiger partial charge in [0.2, 0.25) is 0 Å². The SMILES string of the molecule is CC1(C)[C@@H](O[C@@H]2O[C@H](CO)[C@@H](O)[C@H](O)[C@H]2O)[C@H](O)[C@H]2[C@](C)(O)[C@@H]3CC[C@@H]4[C@@H](O)[C@@]3(C[C@@H](O)[C@@]21O)C[C@@]4(C)O. The molecule has 1 spiro atoms. The topological polar surface area (TPSA) is 221 Å². The molecule has 0 unspecified atom stereocenters. The number of hydrogen-bond acceptors (Lipinski definition) is 12. The molecule has 220 valence electrons. The first-order valence-corrected chi connectivity index (χ1v) is 13.6. The van der Waals surface area contributed by atoms with E-state index >= 15 is 0 Å². The summed E-state index contributed by atoms with van der Waals surface area (Å²) in [5, 5.41) is 111. The van der Waals surface area contributed by atoms with Crippen molar-refractivity contribution in [3.05, 3.63) is 0 Å². The van der Waals surface area contributed by atoms with Gasteiger partial charge in [0.15, 0.2) is 6.29 Å². The predicted octanol–water partition coefficient (Wildman–Crippen LogP) is -3.04. The molecule has 0 aromatic carbocycles. The fraction of sp³-hybridized carbons (Fsp3) is 1.00. The van der Waals surface area contributed by atoms with E-state index in [1.807, 2.05) is 0 Å². The van der Waals surface area contributed by atoms with E-state index in [1.165, 1.54) is 6.92 Å². The second-order valence-electron chi connectivity index (χ2n) is 13.7. The normalized spacial score (nSPS) is 61.7. The molecule has 12 heteroatoms. The van der Waals surface area contributed by atoms with Crippen LogP contribution in [-0.4, -0.2) is 130 Å². The van der Waals surface area contributed by atoms with Crippen molar-refractivity contribution in [2.45, 2.75) is 125 Å². The first kappa shape index (κ1) is 29.0. The number of aliphatic hydroxyl groups is 10. The fourth-order valence-corrected chi connectivity index (χ4v) is 9.51. The molecule has 5 rings (SSSR count). The van der Waals surface area contributed by atoms with Crippen molar-refractivity contribution in [1.29, 1.82) is 0 Å². The lowest BCUT2D eigenvalue weighted by Crippen LogP contribution is -2.62. The molecular formula is C26H44O12. The maximum atomic E-state index is 12.3. The van der Waals surface area contributed by atoms with E-state index in [2.05, 4.69) is 0 Å². The summed E-state index contributed by atoms with van der Waals surface area (Å²) in [4.78, 5) is 0. The summed E-state index contributed by atoms with van der Waals surface area (Å²) < 4.78 is 11.4. The zero-order chi connectivity index (χ0) is 28.4. The molecule has 10 N–H and O–H groups in total. The Labute approximate surface area is 221 Å². The van der Waals surface area contributed by atoms with Gasteiger partial charge in [-0.25, -0.2) is 0 Å². The summed E-state index contributed by atoms with van der Waals surface area (Å²) in [5.41, 5.74) is -7.78. The number of aliphatic hydroxyl groups excluding tert-OH is 7. The van der Waals surface area contributed by atoms with Gasteiger partial charge in [-0.1, -0.05) is 13.8 Å². The highest BCUT2D eigenvalue weighted by molar-refractivity contribution is 5.28. The average molecular weight is 549 g/mol. The molecule has 2 bridgehead atoms. The highest BCUT2D eigenvalue weighted by Gasteiger charge is 2.79. The summed E-state index contributed by atoms with van der Waals surface area (Å²) in [5.74, 6) is -2.50. The Morgan fingerprint density at radius 2 is 1.47 bits per heavy atom. The Kier molecular flexibility index (Phi) is 6.69. The molecule has 0 aromatic rings. The van der Waals surface area contributed by atoms with Crippen molar-refractivity contribution < 1.29 is 60.5 Å². The van der Waals surface area contributed by atoms with E-state index in [0.717, 1.165) is 0 Å². The maximum Gasteiger partial charge on any atom is 0.187 e. The molecule has 12 nitrogen and oxygen atoms in total. The molecule has 0 amide bonds. The van der Waals surface area contributed by atoms with Crippen LogP contribution in [0.5, 0.6) is 0 Å². The van der Waals surface area contributed by atoms with E-state index in [1.54, 1.807) is 20.8 Å². The molecule has 0 aromatic heterocycles. The quantitative estimate of drug-likeness (QED) is 0.170. The molecule has 4 aliphatic carbocycles. The number of fused-ring (bicyclic) bond motifs is 2. The van der Waals surface area contributed by atoms with Crippen LogP contribution in [0.15, 0.2) is 0 Å². The van der Waals surface area contributed by atoms with Gasteiger partial charge in [0.25, 0.3) is 0 Å². The lowest BCUT2D eigenvalue weighted by molar-refractivity contribution is -0.325. The second-order valence-corrected chi connectivity index (χ2v) is 13.7. The van der Waals surface area contributed by atoms with Gasteiger partial charge in [0.05, 0.1) is 42.2 Å². The van der Waals surface area contributed by atoms with Gasteiger partial charge in [-0.15, -0.1) is 0 Å². The third-order valence-corrected chi connectivity index (χ3v) is 11.3. The smallest absolute Gasteiger partial charge is 0.187 e. The van der Waals surface area contributed by atoms with Crippen LogP contribution in [0.3, 0.4) is 0 Å². The first-order valence-electron chi connectivity index (χ1n) is 13.6. The summed E-state index contributed by atoms with van der Waals surface area (Å²) in [6.45, 7) is 5.52. The number of ether oxygens (including phenoxy) is 2. The Morgan fingerprint density at radius 1 is 0.842 bits per heavy atom. The molecule has 38 heavy (non-hydrogen) atoms. The van der Waals surface area contributed by atoms with Gasteiger partial charge in [0, 0.05) is 22.7 Å². The minimum Gasteiger partial charge on any atom is -0.394 e. The molecule has 1 saturated heterocycles. The van der Waals surface area contributed by atoms with Gasteiger partial charge in [-0.05, 0) is 45.4 Å². The minimum absolute atomic E-state index is 0.119. The molecule has 5 aliphatic rings. The van der Waals surface area contributed by atoms with Gasteiger partial charge in [-0.3, -0.25) is 0 Å². The van der Waals surface area contributed by atoms with E-state index in [9.17, 15) is 51.1 Å². The first-order chi connectivity index (χ1) is 17.4. The maximum absolute atomic E-state index is 12.3. The van der Waals surface area contributed by atoms with Crippen molar-refractivity contribution in [3.63, 3.8) is 0 Å². The van der Waals surface area contributed by atoms with Crippen LogP contribution in [0.1, 0.15) is 53.4 Å². The van der Waals surface area contributed by atoms with Crippen LogP contribution in [0.4, 0.5) is 0 Å². The summed E-state index contributed by atoms with van der Waals surface area (Å²) >= 11 is 0. The molecule has 0 radical (unpaired) electrons. The zero-order valence-electron chi connectivity index (χ0n) is 22.3. The molecule has 5 fully saturated rings. The minimum atomic E-state index is -2.15. The van der Waals surface area contributed by atoms with E-state index in [4.69, 9.17) is 9.47 Å². The van der Waals surface area contributed by atoms with Gasteiger partial charge in [-0.2, -0.15) is 0 Å². The highest BCUT2D eigenvalue weighted by atomic mass is 16.7. The lowest BCUT2D eigenvalue weighted by Gasteiger charge is -2.51. The van der Waals surface area contributed by atoms with Crippen LogP contribution in [0, 0.1) is 28.6 Å². The Morgan fingerprint density at radius 3 is 2.08 bits per heavy atom. The Hall–Kier alpha value is -0.480. The summed E-state index contributed by atoms with van der Waals surface area (Å²) in [6.07, 6.45) is -12.6. The molecule has 1 heterocycles. The van der Waals surface area contributed by atoms with E-state index in [0.29, 0.717) is 12.8 Å². The Bertz CT molecular complexity index is 924. The predicted molar refractivity (Wildman–Crippen MR) is 128 cm³/mol. The molecular weight excluding hydrogens is 504 g/mol. The lowest BCUT2D eigenvalue weighted by atomic mass is 9.57. The summed E-state index contributed by atoms with van der Waals surface area (Å²) in [6, 6.07) is 0. The van der Waals surface area contributed by atoms with Crippen LogP contribution in [0.25, 0.3) is 0 Å². The second kappa shape index (κ2) is 8.76. The van der Waals surface area contributed by atoms with Gasteiger partial charge >= 0.3 is 0 Å². The van der Waals surface area contributed by atoms with Crippen molar-refractivity contribution in [1.82, 2.24) is 0 Å². The standard InChI is InChI=1S/C26H44O12/c1-22(2)20(38-21-16(31)15(30)14(29)11(8-27)37-21)17(32)18-24(4,35)12-6-5-10-19(33)25(12,9-23(10,3)34)7-13(28)26(18,22)36/h10-21,27-36H,5-9H2,1-4H3/t10-,11-,12+,13-,14-,15+,16-,17-,18+,19-,20+,21+,23-,24-,25+,26-/m1/s1. The van der Waals surface area contributed by atoms with Crippen molar-refractivity contribution in [3.8, 4) is 0 Å². The van der Waals surface area contributed by atoms with Crippen LogP contribution in [-0.2, 0) is 9.47 Å². The van der Waals surface area contributed by atoms with Crippen molar-refractivity contribution in [2.24, 2.45) is 28.6 Å². The van der Waals surface area contributed by atoms with Crippen molar-refractivity contribution >= 4 is 0 Å². The van der Waals surface area contributed by atoms with Crippen LogP contribution >= 0.6 is 0 Å². The Balaban J connectivity index is 1.54. The van der Waals surface area contributed by atoms with Crippen LogP contribution < -0.4 is 0 Å². The molecule has 1 aliphatic heterocycles. The third kappa shape index (κ3) is 3.47. The zero-order valence-corrected chi connectivity index (χ0v) is 22.3. The van der Waals surface area contributed by atoms with Crippen molar-refractivity contribution in [2.75, 3.05) is 6.61 Å².